The molecule has 0 aromatic heterocycles. The first-order valence-corrected chi connectivity index (χ1v) is 8.89. The maximum absolute atomic E-state index is 12.2. The Morgan fingerprint density at radius 2 is 2.12 bits per heavy atom. The number of likely N-dealkylation sites (tertiary alicyclic amines) is 1. The fraction of sp³-hybridized carbons (Fsp3) is 0.632. The van der Waals surface area contributed by atoms with Crippen molar-refractivity contribution in [1.82, 2.24) is 10.2 Å². The first kappa shape index (κ1) is 18.6. The molecule has 24 heavy (non-hydrogen) atoms. The van der Waals surface area contributed by atoms with Crippen LogP contribution in [0.2, 0.25) is 0 Å². The standard InChI is InChI=1S/C19H30N2O3/c1-14-7-4-8-15(2)18(14)24-12-6-10-20-19(23)21-11-5-9-17(13-21)16(3)22/h4,7-8,16-17,22H,5-6,9-13H2,1-3H3,(H,20,23). The Morgan fingerprint density at radius 1 is 1.42 bits per heavy atom. The summed E-state index contributed by atoms with van der Waals surface area (Å²) in [5, 5.41) is 12.7. The number of ether oxygens (including phenoxy) is 1. The van der Waals surface area contributed by atoms with Crippen molar-refractivity contribution in [3.63, 3.8) is 0 Å². The number of piperidine rings is 1. The number of urea groups is 1. The van der Waals surface area contributed by atoms with Crippen LogP contribution in [0.1, 0.15) is 37.3 Å². The van der Waals surface area contributed by atoms with E-state index in [4.69, 9.17) is 4.74 Å². The van der Waals surface area contributed by atoms with Gasteiger partial charge in [-0.15, -0.1) is 0 Å². The van der Waals surface area contributed by atoms with E-state index in [0.29, 0.717) is 19.7 Å². The van der Waals surface area contributed by atoms with Gasteiger partial charge < -0.3 is 20.1 Å². The van der Waals surface area contributed by atoms with Crippen LogP contribution in [0.3, 0.4) is 0 Å². The Balaban J connectivity index is 1.68. The minimum absolute atomic E-state index is 0.0348. The zero-order valence-corrected chi connectivity index (χ0v) is 15.0. The van der Waals surface area contributed by atoms with Crippen LogP contribution in [0.4, 0.5) is 4.79 Å². The Kier molecular flexibility index (Phi) is 6.91. The average Bonchev–Trinajstić information content (AvgIpc) is 2.56. The molecule has 0 aliphatic carbocycles. The van der Waals surface area contributed by atoms with E-state index in [-0.39, 0.29) is 18.1 Å². The van der Waals surface area contributed by atoms with Gasteiger partial charge in [0.15, 0.2) is 0 Å². The predicted molar refractivity (Wildman–Crippen MR) is 95.4 cm³/mol. The maximum atomic E-state index is 12.2. The summed E-state index contributed by atoms with van der Waals surface area (Å²) in [6, 6.07) is 6.07. The van der Waals surface area contributed by atoms with Crippen molar-refractivity contribution in [1.29, 1.82) is 0 Å². The van der Waals surface area contributed by atoms with Crippen molar-refractivity contribution in [3.8, 4) is 5.75 Å². The molecule has 2 N–H and O–H groups in total. The van der Waals surface area contributed by atoms with Crippen molar-refractivity contribution in [2.75, 3.05) is 26.2 Å². The summed E-state index contributed by atoms with van der Waals surface area (Å²) in [7, 11) is 0. The van der Waals surface area contributed by atoms with Crippen molar-refractivity contribution in [3.05, 3.63) is 29.3 Å². The van der Waals surface area contributed by atoms with Gasteiger partial charge in [0.2, 0.25) is 0 Å². The molecule has 1 aliphatic rings. The van der Waals surface area contributed by atoms with Crippen molar-refractivity contribution in [2.24, 2.45) is 5.92 Å². The molecule has 1 saturated heterocycles. The molecule has 1 aliphatic heterocycles. The fourth-order valence-corrected chi connectivity index (χ4v) is 3.17. The third-order valence-electron chi connectivity index (χ3n) is 4.68. The molecule has 0 spiro atoms. The summed E-state index contributed by atoms with van der Waals surface area (Å²) in [6.45, 7) is 8.48. The number of nitrogens with zero attached hydrogens (tertiary/aromatic N) is 1. The van der Waals surface area contributed by atoms with Crippen LogP contribution in [0.5, 0.6) is 5.75 Å². The highest BCUT2D eigenvalue weighted by atomic mass is 16.5. The normalized spacial score (nSPS) is 19.0. The molecule has 0 radical (unpaired) electrons. The van der Waals surface area contributed by atoms with E-state index in [1.54, 1.807) is 6.92 Å². The predicted octanol–water partition coefficient (Wildman–Crippen LogP) is 2.87. The van der Waals surface area contributed by atoms with Gasteiger partial charge in [-0.3, -0.25) is 0 Å². The zero-order chi connectivity index (χ0) is 17.5. The summed E-state index contributed by atoms with van der Waals surface area (Å²) in [6.07, 6.45) is 2.36. The Morgan fingerprint density at radius 3 is 2.79 bits per heavy atom. The average molecular weight is 334 g/mol. The van der Waals surface area contributed by atoms with Crippen LogP contribution in [0.15, 0.2) is 18.2 Å². The minimum atomic E-state index is -0.355. The van der Waals surface area contributed by atoms with E-state index in [2.05, 4.69) is 5.32 Å². The number of para-hydroxylation sites is 1. The number of hydrogen-bond donors (Lipinski definition) is 2. The van der Waals surface area contributed by atoms with Gasteiger partial charge in [-0.1, -0.05) is 18.2 Å². The molecule has 1 aromatic rings. The van der Waals surface area contributed by atoms with E-state index < -0.39 is 0 Å². The highest BCUT2D eigenvalue weighted by Crippen LogP contribution is 2.22. The lowest BCUT2D eigenvalue weighted by atomic mass is 9.94. The molecular formula is C19H30N2O3. The van der Waals surface area contributed by atoms with Gasteiger partial charge in [0.1, 0.15) is 5.75 Å². The monoisotopic (exact) mass is 334 g/mol. The smallest absolute Gasteiger partial charge is 0.317 e. The quantitative estimate of drug-likeness (QED) is 0.787. The number of aliphatic hydroxyl groups excluding tert-OH is 1. The molecule has 2 amide bonds. The molecule has 5 nitrogen and oxygen atoms in total. The van der Waals surface area contributed by atoms with Gasteiger partial charge in [0, 0.05) is 25.6 Å². The van der Waals surface area contributed by atoms with Crippen molar-refractivity contribution in [2.45, 2.75) is 46.1 Å². The molecule has 2 rings (SSSR count). The third kappa shape index (κ3) is 5.13. The number of carbonyl (C=O) groups excluding carboxylic acids is 1. The first-order chi connectivity index (χ1) is 11.5. The third-order valence-corrected chi connectivity index (χ3v) is 4.68. The summed E-state index contributed by atoms with van der Waals surface area (Å²) in [5.41, 5.74) is 2.27. The molecule has 1 heterocycles. The van der Waals surface area contributed by atoms with E-state index in [9.17, 15) is 9.90 Å². The molecule has 0 saturated carbocycles. The number of carbonyl (C=O) groups is 1. The molecule has 134 valence electrons. The van der Waals surface area contributed by atoms with E-state index in [1.165, 1.54) is 0 Å². The van der Waals surface area contributed by atoms with Gasteiger partial charge >= 0.3 is 6.03 Å². The van der Waals surface area contributed by atoms with Crippen LogP contribution < -0.4 is 10.1 Å². The summed E-state index contributed by atoms with van der Waals surface area (Å²) in [5.74, 6) is 1.14. The Hall–Kier alpha value is -1.75. The highest BCUT2D eigenvalue weighted by molar-refractivity contribution is 5.74. The molecule has 1 aromatic carbocycles. The molecule has 0 bridgehead atoms. The fourth-order valence-electron chi connectivity index (χ4n) is 3.17. The summed E-state index contributed by atoms with van der Waals surface area (Å²) >= 11 is 0. The van der Waals surface area contributed by atoms with E-state index in [0.717, 1.165) is 42.7 Å². The number of aryl methyl sites for hydroxylation is 2. The second-order valence-electron chi connectivity index (χ2n) is 6.74. The van der Waals surface area contributed by atoms with Gasteiger partial charge in [-0.25, -0.2) is 4.79 Å². The number of benzene rings is 1. The van der Waals surface area contributed by atoms with Gasteiger partial charge in [-0.2, -0.15) is 0 Å². The van der Waals surface area contributed by atoms with Crippen LogP contribution in [-0.2, 0) is 0 Å². The number of rotatable bonds is 6. The lowest BCUT2D eigenvalue weighted by Crippen LogP contribution is -2.47. The Labute approximate surface area is 145 Å². The van der Waals surface area contributed by atoms with Gasteiger partial charge in [0.05, 0.1) is 12.7 Å². The number of aliphatic hydroxyl groups is 1. The van der Waals surface area contributed by atoms with Crippen LogP contribution in [0.25, 0.3) is 0 Å². The molecular weight excluding hydrogens is 304 g/mol. The largest absolute Gasteiger partial charge is 0.493 e. The molecule has 5 heteroatoms. The number of amides is 2. The number of hydrogen-bond acceptors (Lipinski definition) is 3. The van der Waals surface area contributed by atoms with Gasteiger partial charge in [-0.05, 0) is 51.2 Å². The summed E-state index contributed by atoms with van der Waals surface area (Å²) in [4.78, 5) is 14.0. The number of nitrogens with one attached hydrogen (secondary N) is 1. The van der Waals surface area contributed by atoms with E-state index in [1.807, 2.05) is 36.9 Å². The summed E-state index contributed by atoms with van der Waals surface area (Å²) < 4.78 is 5.85. The highest BCUT2D eigenvalue weighted by Gasteiger charge is 2.26. The van der Waals surface area contributed by atoms with Crippen molar-refractivity contribution >= 4 is 6.03 Å². The van der Waals surface area contributed by atoms with Crippen LogP contribution in [0, 0.1) is 19.8 Å². The van der Waals surface area contributed by atoms with Crippen LogP contribution >= 0.6 is 0 Å². The second kappa shape index (κ2) is 8.92. The maximum Gasteiger partial charge on any atom is 0.317 e. The molecule has 2 unspecified atom stereocenters. The van der Waals surface area contributed by atoms with Crippen LogP contribution in [-0.4, -0.2) is 48.4 Å². The Bertz CT molecular complexity index is 525. The lowest BCUT2D eigenvalue weighted by Gasteiger charge is -2.34. The van der Waals surface area contributed by atoms with Gasteiger partial charge in [0.25, 0.3) is 0 Å². The minimum Gasteiger partial charge on any atom is -0.493 e. The lowest BCUT2D eigenvalue weighted by molar-refractivity contribution is 0.0739. The molecule has 2 atom stereocenters. The first-order valence-electron chi connectivity index (χ1n) is 8.89. The zero-order valence-electron chi connectivity index (χ0n) is 15.0. The van der Waals surface area contributed by atoms with Crippen molar-refractivity contribution < 1.29 is 14.6 Å². The molecule has 1 fully saturated rings. The SMILES string of the molecule is Cc1cccc(C)c1OCCCNC(=O)N1CCCC(C(C)O)C1. The second-order valence-corrected chi connectivity index (χ2v) is 6.74. The van der Waals surface area contributed by atoms with E-state index >= 15 is 0 Å². The topological polar surface area (TPSA) is 61.8 Å².